The Morgan fingerprint density at radius 2 is 1.78 bits per heavy atom. The Morgan fingerprint density at radius 1 is 1.03 bits per heavy atom. The second kappa shape index (κ2) is 11.7. The molecule has 0 unspecified atom stereocenters. The fourth-order valence-electron chi connectivity index (χ4n) is 5.80. The van der Waals surface area contributed by atoms with E-state index >= 15 is 0 Å². The summed E-state index contributed by atoms with van der Waals surface area (Å²) in [7, 11) is 0. The van der Waals surface area contributed by atoms with Crippen molar-refractivity contribution >= 4 is 23.2 Å². The van der Waals surface area contributed by atoms with Crippen molar-refractivity contribution in [3.05, 3.63) is 52.0 Å². The molecule has 2 fully saturated rings. The lowest BCUT2D eigenvalue weighted by Gasteiger charge is -2.37. The summed E-state index contributed by atoms with van der Waals surface area (Å²) in [6.07, 6.45) is 7.30. The third-order valence-electron chi connectivity index (χ3n) is 7.86. The van der Waals surface area contributed by atoms with Crippen LogP contribution in [0.25, 0.3) is 0 Å². The first-order valence-corrected chi connectivity index (χ1v) is 14.2. The Kier molecular flexibility index (Phi) is 8.22. The van der Waals surface area contributed by atoms with E-state index in [1.165, 1.54) is 29.9 Å². The number of rotatable bonds is 9. The second-order valence-electron chi connectivity index (χ2n) is 10.2. The maximum absolute atomic E-state index is 13.7. The van der Waals surface area contributed by atoms with Crippen molar-refractivity contribution in [1.82, 2.24) is 14.7 Å². The van der Waals surface area contributed by atoms with Crippen molar-refractivity contribution in [1.29, 1.82) is 0 Å². The highest BCUT2D eigenvalue weighted by atomic mass is 32.1. The first-order valence-electron chi connectivity index (χ1n) is 13.3. The molecule has 2 aromatic rings. The van der Waals surface area contributed by atoms with Gasteiger partial charge in [-0.25, -0.2) is 4.39 Å². The van der Waals surface area contributed by atoms with Crippen molar-refractivity contribution in [3.8, 4) is 5.75 Å². The highest BCUT2D eigenvalue weighted by molar-refractivity contribution is 7.10. The molecule has 8 heteroatoms. The summed E-state index contributed by atoms with van der Waals surface area (Å²) in [6.45, 7) is 4.62. The molecule has 1 aromatic carbocycles. The quantitative estimate of drug-likeness (QED) is 0.495. The van der Waals surface area contributed by atoms with Crippen LogP contribution in [0.3, 0.4) is 0 Å². The minimum atomic E-state index is -0.308. The normalized spacial score (nSPS) is 20.5. The molecule has 1 aliphatic carbocycles. The van der Waals surface area contributed by atoms with Crippen LogP contribution in [0, 0.1) is 11.7 Å². The van der Waals surface area contributed by atoms with Crippen LogP contribution in [-0.4, -0.2) is 72.4 Å². The van der Waals surface area contributed by atoms with E-state index in [0.717, 1.165) is 57.3 Å². The molecule has 1 aromatic heterocycles. The van der Waals surface area contributed by atoms with Gasteiger partial charge < -0.3 is 19.4 Å². The molecule has 0 N–H and O–H groups in total. The number of carbonyl (C=O) groups excluding carboxylic acids is 2. The average molecular weight is 514 g/mol. The van der Waals surface area contributed by atoms with E-state index in [4.69, 9.17) is 4.74 Å². The Bertz CT molecular complexity index is 1030. The van der Waals surface area contributed by atoms with Crippen LogP contribution in [0.4, 0.5) is 4.39 Å². The van der Waals surface area contributed by atoms with Gasteiger partial charge in [0.15, 0.2) is 0 Å². The highest BCUT2D eigenvalue weighted by Crippen LogP contribution is 2.34. The lowest BCUT2D eigenvalue weighted by molar-refractivity contribution is -0.144. The highest BCUT2D eigenvalue weighted by Gasteiger charge is 2.35. The summed E-state index contributed by atoms with van der Waals surface area (Å²) in [5, 5.41) is 2.06. The van der Waals surface area contributed by atoms with E-state index in [9.17, 15) is 14.0 Å². The third kappa shape index (κ3) is 5.92. The summed E-state index contributed by atoms with van der Waals surface area (Å²) in [6, 6.07) is 7.83. The number of carbonyl (C=O) groups is 2. The monoisotopic (exact) mass is 513 g/mol. The Hall–Kier alpha value is -2.45. The average Bonchev–Trinajstić information content (AvgIpc) is 3.68. The molecule has 0 radical (unpaired) electrons. The first-order chi connectivity index (χ1) is 17.6. The fraction of sp³-hybridized carbons (Fsp3) is 0.571. The number of amides is 2. The summed E-state index contributed by atoms with van der Waals surface area (Å²) < 4.78 is 19.3. The standard InChI is InChI=1S/C28H36FN3O3S/c29-22-7-9-23(10-8-22)35-20-25-24-12-18-36-26(24)11-15-32(25)27(33)19-31(17-16-30-13-3-4-14-30)28(34)21-5-1-2-6-21/h7-10,12,18,21,25H,1-6,11,13-17,19-20H2/t25-/m0/s1. The van der Waals surface area contributed by atoms with Gasteiger partial charge in [0, 0.05) is 30.4 Å². The molecule has 1 saturated heterocycles. The largest absolute Gasteiger partial charge is 0.491 e. The molecule has 0 spiro atoms. The molecule has 2 aliphatic heterocycles. The van der Waals surface area contributed by atoms with Gasteiger partial charge in [0.2, 0.25) is 11.8 Å². The molecule has 2 amide bonds. The number of thiophene rings is 1. The molecule has 3 heterocycles. The first kappa shape index (κ1) is 25.2. The number of hydrogen-bond donors (Lipinski definition) is 0. The molecule has 36 heavy (non-hydrogen) atoms. The topological polar surface area (TPSA) is 53.1 Å². The smallest absolute Gasteiger partial charge is 0.242 e. The van der Waals surface area contributed by atoms with Gasteiger partial charge in [0.25, 0.3) is 0 Å². The minimum Gasteiger partial charge on any atom is -0.491 e. The summed E-state index contributed by atoms with van der Waals surface area (Å²) in [5.74, 6) is 0.450. The van der Waals surface area contributed by atoms with Crippen LogP contribution in [0.5, 0.6) is 5.75 Å². The molecule has 6 nitrogen and oxygen atoms in total. The second-order valence-corrected chi connectivity index (χ2v) is 11.2. The van der Waals surface area contributed by atoms with E-state index in [1.54, 1.807) is 23.5 Å². The van der Waals surface area contributed by atoms with Gasteiger partial charge in [0.1, 0.15) is 18.2 Å². The fourth-order valence-corrected chi connectivity index (χ4v) is 6.73. The molecular weight excluding hydrogens is 477 g/mol. The van der Waals surface area contributed by atoms with Crippen molar-refractivity contribution in [2.45, 2.75) is 51.0 Å². The number of benzene rings is 1. The van der Waals surface area contributed by atoms with Gasteiger partial charge in [-0.1, -0.05) is 12.8 Å². The van der Waals surface area contributed by atoms with E-state index in [-0.39, 0.29) is 36.1 Å². The number of fused-ring (bicyclic) bond motifs is 1. The summed E-state index contributed by atoms with van der Waals surface area (Å²) in [4.78, 5) is 34.6. The molecule has 1 atom stereocenters. The molecule has 3 aliphatic rings. The van der Waals surface area contributed by atoms with Gasteiger partial charge >= 0.3 is 0 Å². The zero-order valence-corrected chi connectivity index (χ0v) is 21.7. The summed E-state index contributed by atoms with van der Waals surface area (Å²) in [5.41, 5.74) is 1.12. The molecule has 5 rings (SSSR count). The molecule has 0 bridgehead atoms. The zero-order chi connectivity index (χ0) is 24.9. The van der Waals surface area contributed by atoms with Crippen LogP contribution in [-0.2, 0) is 16.0 Å². The van der Waals surface area contributed by atoms with Gasteiger partial charge in [0.05, 0.1) is 12.6 Å². The number of ether oxygens (including phenoxy) is 1. The number of hydrogen-bond acceptors (Lipinski definition) is 5. The summed E-state index contributed by atoms with van der Waals surface area (Å²) >= 11 is 1.71. The molecular formula is C28H36FN3O3S. The van der Waals surface area contributed by atoms with E-state index < -0.39 is 0 Å². The van der Waals surface area contributed by atoms with Crippen LogP contribution in [0.1, 0.15) is 55.0 Å². The van der Waals surface area contributed by atoms with Crippen LogP contribution in [0.2, 0.25) is 0 Å². The Balaban J connectivity index is 1.29. The van der Waals surface area contributed by atoms with Crippen molar-refractivity contribution in [3.63, 3.8) is 0 Å². The predicted octanol–water partition coefficient (Wildman–Crippen LogP) is 4.51. The van der Waals surface area contributed by atoms with Crippen molar-refractivity contribution in [2.24, 2.45) is 5.92 Å². The van der Waals surface area contributed by atoms with Crippen LogP contribution < -0.4 is 4.74 Å². The van der Waals surface area contributed by atoms with Crippen LogP contribution >= 0.6 is 11.3 Å². The predicted molar refractivity (Wildman–Crippen MR) is 139 cm³/mol. The van der Waals surface area contributed by atoms with Crippen molar-refractivity contribution in [2.75, 3.05) is 45.9 Å². The van der Waals surface area contributed by atoms with E-state index in [2.05, 4.69) is 16.3 Å². The molecule has 1 saturated carbocycles. The van der Waals surface area contributed by atoms with E-state index in [1.807, 2.05) is 9.80 Å². The maximum atomic E-state index is 13.7. The van der Waals surface area contributed by atoms with Gasteiger partial charge in [-0.15, -0.1) is 11.3 Å². The Morgan fingerprint density at radius 3 is 2.53 bits per heavy atom. The maximum Gasteiger partial charge on any atom is 0.242 e. The Labute approximate surface area is 217 Å². The lowest BCUT2D eigenvalue weighted by Crippen LogP contribution is -2.50. The third-order valence-corrected chi connectivity index (χ3v) is 8.86. The van der Waals surface area contributed by atoms with Crippen LogP contribution in [0.15, 0.2) is 35.7 Å². The van der Waals surface area contributed by atoms with E-state index in [0.29, 0.717) is 25.4 Å². The van der Waals surface area contributed by atoms with Crippen molar-refractivity contribution < 1.29 is 18.7 Å². The number of likely N-dealkylation sites (tertiary alicyclic amines) is 1. The molecule has 194 valence electrons. The van der Waals surface area contributed by atoms with Gasteiger partial charge in [-0.2, -0.15) is 0 Å². The lowest BCUT2D eigenvalue weighted by atomic mass is 10.00. The SMILES string of the molecule is O=C(C1CCCC1)N(CCN1CCCC1)CC(=O)N1CCc2sccc2[C@@H]1COc1ccc(F)cc1. The number of nitrogens with zero attached hydrogens (tertiary/aromatic N) is 3. The van der Waals surface area contributed by atoms with Gasteiger partial charge in [-0.05, 0) is 86.5 Å². The zero-order valence-electron chi connectivity index (χ0n) is 20.9. The van der Waals surface area contributed by atoms with Gasteiger partial charge in [-0.3, -0.25) is 9.59 Å². The number of halogens is 1. The minimum absolute atomic E-state index is 0.0210.